The average molecular weight is 257 g/mol. The highest BCUT2D eigenvalue weighted by molar-refractivity contribution is 7.08. The van der Waals surface area contributed by atoms with Crippen molar-refractivity contribution >= 4 is 17.4 Å². The lowest BCUT2D eigenvalue weighted by atomic mass is 9.91. The first-order valence-electron chi connectivity index (χ1n) is 5.50. The van der Waals surface area contributed by atoms with Gasteiger partial charge in [0, 0.05) is 12.5 Å². The van der Waals surface area contributed by atoms with Crippen molar-refractivity contribution in [3.63, 3.8) is 0 Å². The molecule has 0 aliphatic heterocycles. The molecule has 5 nitrogen and oxygen atoms in total. The fraction of sp³-hybridized carbons (Fsp3) is 0.727. The molecule has 0 aliphatic carbocycles. The lowest BCUT2D eigenvalue weighted by Crippen LogP contribution is -2.37. The van der Waals surface area contributed by atoms with Gasteiger partial charge in [-0.1, -0.05) is 25.3 Å². The molecule has 0 spiro atoms. The van der Waals surface area contributed by atoms with Gasteiger partial charge >= 0.3 is 0 Å². The maximum Gasteiger partial charge on any atom is 0.267 e. The molecule has 1 aromatic rings. The largest absolute Gasteiger partial charge is 0.394 e. The molecule has 17 heavy (non-hydrogen) atoms. The highest BCUT2D eigenvalue weighted by Crippen LogP contribution is 2.26. The quantitative estimate of drug-likeness (QED) is 0.886. The Bertz CT molecular complexity index is 398. The van der Waals surface area contributed by atoms with E-state index in [4.69, 9.17) is 5.11 Å². The van der Waals surface area contributed by atoms with Crippen LogP contribution in [-0.4, -0.2) is 45.2 Å². The molecule has 0 fully saturated rings. The summed E-state index contributed by atoms with van der Waals surface area (Å²) >= 11 is 1.11. The lowest BCUT2D eigenvalue weighted by Gasteiger charge is -2.24. The van der Waals surface area contributed by atoms with Crippen LogP contribution in [0.2, 0.25) is 0 Å². The topological polar surface area (TPSA) is 66.3 Å². The van der Waals surface area contributed by atoms with Crippen LogP contribution in [0.25, 0.3) is 0 Å². The van der Waals surface area contributed by atoms with E-state index in [1.54, 1.807) is 14.0 Å². The number of carbonyl (C=O) groups excluding carboxylic acids is 1. The number of aliphatic hydroxyl groups is 1. The molecule has 1 unspecified atom stereocenters. The first-order chi connectivity index (χ1) is 7.79. The zero-order valence-corrected chi connectivity index (χ0v) is 11.7. The Labute approximate surface area is 106 Å². The van der Waals surface area contributed by atoms with E-state index in [-0.39, 0.29) is 24.0 Å². The van der Waals surface area contributed by atoms with Crippen molar-refractivity contribution in [1.82, 2.24) is 14.5 Å². The number of hydrogen-bond donors (Lipinski definition) is 1. The van der Waals surface area contributed by atoms with Crippen LogP contribution >= 0.6 is 11.5 Å². The summed E-state index contributed by atoms with van der Waals surface area (Å²) in [5, 5.41) is 13.1. The second kappa shape index (κ2) is 5.10. The van der Waals surface area contributed by atoms with Crippen molar-refractivity contribution < 1.29 is 9.90 Å². The minimum absolute atomic E-state index is 0.0562. The van der Waals surface area contributed by atoms with Crippen molar-refractivity contribution in [2.45, 2.75) is 39.2 Å². The first-order valence-corrected chi connectivity index (χ1v) is 6.27. The second-order valence-electron chi connectivity index (χ2n) is 5.15. The standard InChI is InChI=1S/C11H19N3O2S/c1-7(6-15)14(5)10(16)8-9(11(2,3)4)12-13-17-8/h7,15H,6H2,1-5H3. The number of amides is 1. The van der Waals surface area contributed by atoms with Gasteiger partial charge in [-0.25, -0.2) is 0 Å². The molecule has 0 aromatic carbocycles. The van der Waals surface area contributed by atoms with Crippen molar-refractivity contribution in [1.29, 1.82) is 0 Å². The molecular weight excluding hydrogens is 238 g/mol. The van der Waals surface area contributed by atoms with E-state index in [1.807, 2.05) is 20.8 Å². The fourth-order valence-electron chi connectivity index (χ4n) is 1.30. The van der Waals surface area contributed by atoms with Gasteiger partial charge in [0.25, 0.3) is 5.91 Å². The third kappa shape index (κ3) is 3.01. The number of aromatic nitrogens is 2. The van der Waals surface area contributed by atoms with Gasteiger partial charge < -0.3 is 10.0 Å². The molecule has 0 bridgehead atoms. The van der Waals surface area contributed by atoms with Gasteiger partial charge in [0.15, 0.2) is 0 Å². The molecular formula is C11H19N3O2S. The number of aliphatic hydroxyl groups excluding tert-OH is 1. The summed E-state index contributed by atoms with van der Waals surface area (Å²) in [5.41, 5.74) is 0.505. The van der Waals surface area contributed by atoms with Gasteiger partial charge in [0.05, 0.1) is 18.3 Å². The third-order valence-electron chi connectivity index (χ3n) is 2.64. The third-order valence-corrected chi connectivity index (χ3v) is 3.35. The van der Waals surface area contributed by atoms with Crippen molar-refractivity contribution in [3.05, 3.63) is 10.6 Å². The van der Waals surface area contributed by atoms with E-state index in [9.17, 15) is 4.79 Å². The SMILES string of the molecule is CC(CO)N(C)C(=O)c1snnc1C(C)(C)C. The van der Waals surface area contributed by atoms with Crippen molar-refractivity contribution in [2.75, 3.05) is 13.7 Å². The van der Waals surface area contributed by atoms with Gasteiger partial charge in [-0.2, -0.15) is 0 Å². The number of rotatable bonds is 3. The molecule has 0 saturated carbocycles. The monoisotopic (exact) mass is 257 g/mol. The van der Waals surface area contributed by atoms with Gasteiger partial charge in [-0.05, 0) is 18.5 Å². The van der Waals surface area contributed by atoms with E-state index in [1.165, 1.54) is 4.90 Å². The molecule has 1 heterocycles. The Balaban J connectivity index is 3.02. The summed E-state index contributed by atoms with van der Waals surface area (Å²) in [6.07, 6.45) is 0. The predicted octanol–water partition coefficient (Wildman–Crippen LogP) is 1.29. The van der Waals surface area contributed by atoms with Crippen LogP contribution in [0.15, 0.2) is 0 Å². The molecule has 0 radical (unpaired) electrons. The van der Waals surface area contributed by atoms with Crippen molar-refractivity contribution in [3.8, 4) is 0 Å². The van der Waals surface area contributed by atoms with Gasteiger partial charge in [-0.3, -0.25) is 4.79 Å². The average Bonchev–Trinajstić information content (AvgIpc) is 2.74. The van der Waals surface area contributed by atoms with Crippen LogP contribution in [0.4, 0.5) is 0 Å². The number of nitrogens with zero attached hydrogens (tertiary/aromatic N) is 3. The summed E-state index contributed by atoms with van der Waals surface area (Å²) < 4.78 is 3.86. The zero-order chi connectivity index (χ0) is 13.2. The molecule has 0 saturated heterocycles. The minimum Gasteiger partial charge on any atom is -0.394 e. The maximum absolute atomic E-state index is 12.2. The molecule has 1 N–H and O–H groups in total. The van der Waals surface area contributed by atoms with Gasteiger partial charge in [0.2, 0.25) is 0 Å². The van der Waals surface area contributed by atoms with E-state index in [0.717, 1.165) is 11.5 Å². The van der Waals surface area contributed by atoms with Crippen LogP contribution in [0.5, 0.6) is 0 Å². The highest BCUT2D eigenvalue weighted by Gasteiger charge is 2.29. The number of carbonyl (C=O) groups is 1. The van der Waals surface area contributed by atoms with Crippen molar-refractivity contribution in [2.24, 2.45) is 0 Å². The maximum atomic E-state index is 12.2. The van der Waals surface area contributed by atoms with Crippen LogP contribution < -0.4 is 0 Å². The van der Waals surface area contributed by atoms with E-state index in [2.05, 4.69) is 9.59 Å². The fourth-order valence-corrected chi connectivity index (χ4v) is 2.16. The number of hydrogen-bond acceptors (Lipinski definition) is 5. The Hall–Kier alpha value is -1.01. The zero-order valence-electron chi connectivity index (χ0n) is 10.9. The molecule has 1 amide bonds. The Morgan fingerprint density at radius 1 is 1.53 bits per heavy atom. The molecule has 1 aromatic heterocycles. The van der Waals surface area contributed by atoms with Crippen LogP contribution in [0.3, 0.4) is 0 Å². The Kier molecular flexibility index (Phi) is 4.21. The van der Waals surface area contributed by atoms with E-state index in [0.29, 0.717) is 10.6 Å². The second-order valence-corrected chi connectivity index (χ2v) is 5.90. The first kappa shape index (κ1) is 14.1. The molecule has 96 valence electrons. The number of likely N-dealkylation sites (N-methyl/N-ethyl adjacent to an activating group) is 1. The Morgan fingerprint density at radius 3 is 2.59 bits per heavy atom. The van der Waals surface area contributed by atoms with E-state index >= 15 is 0 Å². The summed E-state index contributed by atoms with van der Waals surface area (Å²) in [6.45, 7) is 7.73. The molecule has 1 atom stereocenters. The van der Waals surface area contributed by atoms with Crippen LogP contribution in [-0.2, 0) is 5.41 Å². The van der Waals surface area contributed by atoms with Gasteiger partial charge in [0.1, 0.15) is 4.88 Å². The van der Waals surface area contributed by atoms with Crippen LogP contribution in [0, 0.1) is 0 Å². The van der Waals surface area contributed by atoms with Crippen LogP contribution in [0.1, 0.15) is 43.1 Å². The Morgan fingerprint density at radius 2 is 2.12 bits per heavy atom. The summed E-state index contributed by atoms with van der Waals surface area (Å²) in [4.78, 5) is 14.3. The van der Waals surface area contributed by atoms with E-state index < -0.39 is 0 Å². The molecule has 6 heteroatoms. The highest BCUT2D eigenvalue weighted by atomic mass is 32.1. The van der Waals surface area contributed by atoms with Gasteiger partial charge in [-0.15, -0.1) is 5.10 Å². The summed E-state index contributed by atoms with van der Waals surface area (Å²) in [6, 6.07) is -0.211. The molecule has 1 rings (SSSR count). The summed E-state index contributed by atoms with van der Waals surface area (Å²) in [7, 11) is 1.68. The minimum atomic E-state index is -0.211. The normalized spacial score (nSPS) is 13.5. The lowest BCUT2D eigenvalue weighted by molar-refractivity contribution is 0.0684. The smallest absolute Gasteiger partial charge is 0.267 e. The predicted molar refractivity (Wildman–Crippen MR) is 67.3 cm³/mol. The molecule has 0 aliphatic rings. The summed E-state index contributed by atoms with van der Waals surface area (Å²) in [5.74, 6) is -0.133.